The van der Waals surface area contributed by atoms with Crippen LogP contribution in [0.4, 0.5) is 0 Å². The van der Waals surface area contributed by atoms with Gasteiger partial charge in [-0.3, -0.25) is 0 Å². The molecule has 1 aromatic carbocycles. The van der Waals surface area contributed by atoms with Gasteiger partial charge in [-0.25, -0.2) is 8.93 Å². The van der Waals surface area contributed by atoms with Gasteiger partial charge in [-0.15, -0.1) is 0 Å². The van der Waals surface area contributed by atoms with Crippen molar-refractivity contribution in [2.24, 2.45) is 0 Å². The Labute approximate surface area is 148 Å². The minimum absolute atomic E-state index is 0.108. The molecule has 0 saturated carbocycles. The molecular weight excluding hydrogens is 322 g/mol. The van der Waals surface area contributed by atoms with E-state index in [0.29, 0.717) is 0 Å². The van der Waals surface area contributed by atoms with Crippen LogP contribution in [0.1, 0.15) is 52.0 Å². The van der Waals surface area contributed by atoms with Crippen molar-refractivity contribution in [3.8, 4) is 0 Å². The summed E-state index contributed by atoms with van der Waals surface area (Å²) < 4.78 is 26.8. The smallest absolute Gasteiger partial charge is 0.157 e. The van der Waals surface area contributed by atoms with Gasteiger partial charge in [0, 0.05) is 6.04 Å². The first-order chi connectivity index (χ1) is 11.4. The van der Waals surface area contributed by atoms with Crippen molar-refractivity contribution in [2.75, 3.05) is 13.2 Å². The standard InChI is InChI=1S/C19H31NO3S/c1-19(2,3)24(21)20-17(11-10-16-8-5-4-6-9-16)12-13-18-22-14-7-15-23-18/h4-6,8-9,17-18,20H,7,10-15H2,1-3H3/t17-,24?/m0/s1. The molecule has 24 heavy (non-hydrogen) atoms. The maximum atomic E-state index is 12.5. The number of ether oxygens (including phenoxy) is 2. The van der Waals surface area contributed by atoms with Gasteiger partial charge in [0.2, 0.25) is 0 Å². The van der Waals surface area contributed by atoms with Crippen molar-refractivity contribution < 1.29 is 13.7 Å². The molecule has 2 atom stereocenters. The fourth-order valence-electron chi connectivity index (χ4n) is 2.62. The van der Waals surface area contributed by atoms with Crippen LogP contribution in [0.2, 0.25) is 0 Å². The van der Waals surface area contributed by atoms with Gasteiger partial charge in [0.1, 0.15) is 0 Å². The Bertz CT molecular complexity index is 495. The Morgan fingerprint density at radius 3 is 2.46 bits per heavy atom. The zero-order valence-corrected chi connectivity index (χ0v) is 15.9. The van der Waals surface area contributed by atoms with Crippen LogP contribution in [-0.2, 0) is 26.9 Å². The van der Waals surface area contributed by atoms with Crippen molar-refractivity contribution in [1.29, 1.82) is 0 Å². The molecule has 1 aliphatic heterocycles. The van der Waals surface area contributed by atoms with E-state index in [1.54, 1.807) is 0 Å². The van der Waals surface area contributed by atoms with Gasteiger partial charge in [-0.1, -0.05) is 30.3 Å². The Hall–Kier alpha value is -0.750. The summed E-state index contributed by atoms with van der Waals surface area (Å²) in [6.07, 6.45) is 4.54. The van der Waals surface area contributed by atoms with Crippen molar-refractivity contribution in [3.63, 3.8) is 0 Å². The summed E-state index contributed by atoms with van der Waals surface area (Å²) in [6.45, 7) is 7.55. The van der Waals surface area contributed by atoms with E-state index >= 15 is 0 Å². The molecule has 1 aliphatic rings. The fraction of sp³-hybridized carbons (Fsp3) is 0.684. The summed E-state index contributed by atoms with van der Waals surface area (Å²) in [5, 5.41) is 0. The van der Waals surface area contributed by atoms with Gasteiger partial charge in [0.15, 0.2) is 6.29 Å². The highest BCUT2D eigenvalue weighted by molar-refractivity contribution is 7.84. The number of rotatable bonds is 8. The molecule has 1 heterocycles. The minimum atomic E-state index is -1.06. The minimum Gasteiger partial charge on any atom is -0.353 e. The van der Waals surface area contributed by atoms with E-state index in [1.807, 2.05) is 26.8 Å². The molecule has 5 heteroatoms. The fourth-order valence-corrected chi connectivity index (χ4v) is 3.51. The third-order valence-corrected chi connectivity index (χ3v) is 5.76. The number of nitrogens with one attached hydrogen (secondary N) is 1. The average Bonchev–Trinajstić information content (AvgIpc) is 2.58. The summed E-state index contributed by atoms with van der Waals surface area (Å²) in [6, 6.07) is 10.6. The summed E-state index contributed by atoms with van der Waals surface area (Å²) in [5.74, 6) is 0. The lowest BCUT2D eigenvalue weighted by atomic mass is 10.0. The van der Waals surface area contributed by atoms with E-state index in [-0.39, 0.29) is 17.1 Å². The number of hydrogen-bond donors (Lipinski definition) is 1. The van der Waals surface area contributed by atoms with Crippen LogP contribution in [0, 0.1) is 0 Å². The van der Waals surface area contributed by atoms with Crippen LogP contribution < -0.4 is 4.72 Å². The van der Waals surface area contributed by atoms with E-state index < -0.39 is 11.0 Å². The van der Waals surface area contributed by atoms with Gasteiger partial charge in [0.25, 0.3) is 0 Å². The van der Waals surface area contributed by atoms with E-state index in [1.165, 1.54) is 5.56 Å². The molecule has 0 radical (unpaired) electrons. The third-order valence-electron chi connectivity index (χ3n) is 4.10. The molecule has 1 aromatic rings. The topological polar surface area (TPSA) is 47.6 Å². The highest BCUT2D eigenvalue weighted by Crippen LogP contribution is 2.17. The third kappa shape index (κ3) is 7.01. The predicted molar refractivity (Wildman–Crippen MR) is 99.1 cm³/mol. The molecule has 0 bridgehead atoms. The molecule has 4 nitrogen and oxygen atoms in total. The zero-order chi connectivity index (χ0) is 17.4. The van der Waals surface area contributed by atoms with Crippen molar-refractivity contribution in [1.82, 2.24) is 4.72 Å². The van der Waals surface area contributed by atoms with Crippen LogP contribution in [-0.4, -0.2) is 34.5 Å². The molecule has 1 saturated heterocycles. The molecule has 1 fully saturated rings. The lowest BCUT2D eigenvalue weighted by Gasteiger charge is -2.27. The van der Waals surface area contributed by atoms with E-state index in [2.05, 4.69) is 29.0 Å². The van der Waals surface area contributed by atoms with Gasteiger partial charge < -0.3 is 9.47 Å². The number of hydrogen-bond acceptors (Lipinski definition) is 3. The van der Waals surface area contributed by atoms with Crippen molar-refractivity contribution in [2.45, 2.75) is 70.0 Å². The first-order valence-electron chi connectivity index (χ1n) is 8.90. The lowest BCUT2D eigenvalue weighted by molar-refractivity contribution is -0.182. The first-order valence-corrected chi connectivity index (χ1v) is 10.1. The number of aryl methyl sites for hydroxylation is 1. The second-order valence-electron chi connectivity index (χ2n) is 7.32. The second-order valence-corrected chi connectivity index (χ2v) is 9.32. The summed E-state index contributed by atoms with van der Waals surface area (Å²) >= 11 is 0. The number of benzene rings is 1. The molecule has 0 spiro atoms. The van der Waals surface area contributed by atoms with Crippen LogP contribution in [0.5, 0.6) is 0 Å². The van der Waals surface area contributed by atoms with E-state index in [9.17, 15) is 4.21 Å². The molecular formula is C19H31NO3S. The summed E-state index contributed by atoms with van der Waals surface area (Å²) in [7, 11) is -1.06. The average molecular weight is 354 g/mol. The van der Waals surface area contributed by atoms with Gasteiger partial charge >= 0.3 is 0 Å². The molecule has 0 aromatic heterocycles. The Morgan fingerprint density at radius 1 is 1.17 bits per heavy atom. The van der Waals surface area contributed by atoms with Crippen molar-refractivity contribution >= 4 is 11.0 Å². The Kier molecular flexibility index (Phi) is 7.88. The second kappa shape index (κ2) is 9.66. The van der Waals surface area contributed by atoms with Crippen LogP contribution in [0.3, 0.4) is 0 Å². The SMILES string of the molecule is CC(C)(C)S(=O)N[C@@H](CCc1ccccc1)CCC1OCCCO1. The molecule has 0 aliphatic carbocycles. The molecule has 1 unspecified atom stereocenters. The normalized spacial score (nSPS) is 19.1. The zero-order valence-electron chi connectivity index (χ0n) is 15.1. The van der Waals surface area contributed by atoms with Crippen LogP contribution >= 0.6 is 0 Å². The van der Waals surface area contributed by atoms with Crippen LogP contribution in [0.15, 0.2) is 30.3 Å². The maximum Gasteiger partial charge on any atom is 0.157 e. The highest BCUT2D eigenvalue weighted by atomic mass is 32.2. The molecule has 2 rings (SSSR count). The summed E-state index contributed by atoms with van der Waals surface area (Å²) in [5.41, 5.74) is 1.32. The predicted octanol–water partition coefficient (Wildman–Crippen LogP) is 3.58. The monoisotopic (exact) mass is 353 g/mol. The maximum absolute atomic E-state index is 12.5. The highest BCUT2D eigenvalue weighted by Gasteiger charge is 2.24. The van der Waals surface area contributed by atoms with Gasteiger partial charge in [0.05, 0.1) is 28.9 Å². The van der Waals surface area contributed by atoms with Crippen LogP contribution in [0.25, 0.3) is 0 Å². The quantitative estimate of drug-likeness (QED) is 0.777. The molecule has 0 amide bonds. The Morgan fingerprint density at radius 2 is 1.83 bits per heavy atom. The molecule has 136 valence electrons. The van der Waals surface area contributed by atoms with Gasteiger partial charge in [-0.2, -0.15) is 0 Å². The lowest BCUT2D eigenvalue weighted by Crippen LogP contribution is -2.40. The van der Waals surface area contributed by atoms with E-state index in [4.69, 9.17) is 9.47 Å². The largest absolute Gasteiger partial charge is 0.353 e. The summed E-state index contributed by atoms with van der Waals surface area (Å²) in [4.78, 5) is 0. The van der Waals surface area contributed by atoms with Crippen molar-refractivity contribution in [3.05, 3.63) is 35.9 Å². The Balaban J connectivity index is 1.88. The molecule has 1 N–H and O–H groups in total. The van der Waals surface area contributed by atoms with Gasteiger partial charge in [-0.05, 0) is 58.4 Å². The first kappa shape index (κ1) is 19.6. The van der Waals surface area contributed by atoms with E-state index in [0.717, 1.165) is 45.3 Å².